The number of nitrogens with zero attached hydrogens (tertiary/aromatic N) is 2. The molecule has 2 aromatic rings. The second kappa shape index (κ2) is 10.00. The summed E-state index contributed by atoms with van der Waals surface area (Å²) in [5, 5.41) is 2.24. The third-order valence-electron chi connectivity index (χ3n) is 4.65. The van der Waals surface area contributed by atoms with Crippen LogP contribution in [0.15, 0.2) is 59.6 Å². The number of alkyl halides is 3. The molecule has 1 aliphatic rings. The summed E-state index contributed by atoms with van der Waals surface area (Å²) in [5.41, 5.74) is 0.272. The molecule has 1 heterocycles. The van der Waals surface area contributed by atoms with E-state index >= 15 is 0 Å². The molecule has 31 heavy (non-hydrogen) atoms. The number of hydrogen-bond donors (Lipinski definition) is 1. The Balaban J connectivity index is 1.90. The van der Waals surface area contributed by atoms with Gasteiger partial charge in [0.25, 0.3) is 0 Å². The summed E-state index contributed by atoms with van der Waals surface area (Å²) in [7, 11) is 0. The summed E-state index contributed by atoms with van der Waals surface area (Å²) in [6.07, 6.45) is -3.93. The molecule has 1 fully saturated rings. The average Bonchev–Trinajstić information content (AvgIpc) is 2.73. The van der Waals surface area contributed by atoms with E-state index in [9.17, 15) is 22.8 Å². The first kappa shape index (κ1) is 22.9. The zero-order valence-corrected chi connectivity index (χ0v) is 17.7. The number of halogens is 3. The highest BCUT2D eigenvalue weighted by atomic mass is 32.2. The molecule has 0 saturated carbocycles. The molecule has 3 rings (SSSR count). The summed E-state index contributed by atoms with van der Waals surface area (Å²) in [6.45, 7) is 2.51. The number of carbonyl (C=O) groups is 2. The van der Waals surface area contributed by atoms with Crippen LogP contribution in [0.1, 0.15) is 24.5 Å². The van der Waals surface area contributed by atoms with E-state index in [2.05, 4.69) is 10.3 Å². The molecule has 1 saturated heterocycles. The average molecular weight is 449 g/mol. The lowest BCUT2D eigenvalue weighted by Gasteiger charge is -2.31. The Bertz CT molecular complexity index is 964. The molecule has 2 amide bonds. The zero-order valence-electron chi connectivity index (χ0n) is 16.9. The van der Waals surface area contributed by atoms with E-state index in [-0.39, 0.29) is 29.1 Å². The van der Waals surface area contributed by atoms with Crippen molar-refractivity contribution in [3.05, 3.63) is 65.7 Å². The number of benzene rings is 2. The number of amidine groups is 1. The fourth-order valence-corrected chi connectivity index (χ4v) is 4.25. The standard InChI is InChI=1S/C22H22F3N3O2S/c1-2-26-20(30)18-14-19(29)28(12-11-15-7-4-3-5-8-15)21(31-18)27-17-10-6-9-16(13-17)22(23,24)25/h3-10,13,18H,2,11-12,14H2,1H3,(H,26,30). The minimum Gasteiger partial charge on any atom is -0.355 e. The van der Waals surface area contributed by atoms with Gasteiger partial charge in [0.05, 0.1) is 16.5 Å². The summed E-state index contributed by atoms with van der Waals surface area (Å²) in [4.78, 5) is 30.9. The van der Waals surface area contributed by atoms with Crippen LogP contribution in [0.25, 0.3) is 0 Å². The lowest BCUT2D eigenvalue weighted by molar-refractivity contribution is -0.137. The first-order valence-electron chi connectivity index (χ1n) is 9.82. The Kier molecular flexibility index (Phi) is 7.37. The van der Waals surface area contributed by atoms with Crippen LogP contribution in [0, 0.1) is 0 Å². The first-order valence-corrected chi connectivity index (χ1v) is 10.7. The number of thioether (sulfide) groups is 1. The predicted octanol–water partition coefficient (Wildman–Crippen LogP) is 4.41. The third kappa shape index (κ3) is 6.10. The summed E-state index contributed by atoms with van der Waals surface area (Å²) < 4.78 is 39.2. The van der Waals surface area contributed by atoms with Crippen LogP contribution in [0.2, 0.25) is 0 Å². The number of amides is 2. The van der Waals surface area contributed by atoms with Crippen LogP contribution in [0.5, 0.6) is 0 Å². The molecule has 1 N–H and O–H groups in total. The second-order valence-corrected chi connectivity index (χ2v) is 8.10. The van der Waals surface area contributed by atoms with E-state index < -0.39 is 17.0 Å². The Labute approximate surface area is 182 Å². The third-order valence-corrected chi connectivity index (χ3v) is 5.84. The van der Waals surface area contributed by atoms with E-state index in [0.29, 0.717) is 19.5 Å². The van der Waals surface area contributed by atoms with Gasteiger partial charge >= 0.3 is 6.18 Å². The minimum absolute atomic E-state index is 0.00685. The van der Waals surface area contributed by atoms with Crippen molar-refractivity contribution in [2.45, 2.75) is 31.2 Å². The number of aliphatic imine (C=N–C) groups is 1. The summed E-state index contributed by atoms with van der Waals surface area (Å²) in [6, 6.07) is 14.2. The van der Waals surface area contributed by atoms with Crippen molar-refractivity contribution >= 4 is 34.4 Å². The van der Waals surface area contributed by atoms with Gasteiger partial charge in [-0.1, -0.05) is 48.2 Å². The molecular weight excluding hydrogens is 427 g/mol. The van der Waals surface area contributed by atoms with Crippen LogP contribution in [-0.4, -0.2) is 40.2 Å². The van der Waals surface area contributed by atoms with E-state index in [1.165, 1.54) is 17.0 Å². The van der Waals surface area contributed by atoms with Crippen LogP contribution >= 0.6 is 11.8 Å². The van der Waals surface area contributed by atoms with Crippen LogP contribution in [-0.2, 0) is 22.2 Å². The van der Waals surface area contributed by atoms with E-state index in [4.69, 9.17) is 0 Å². The van der Waals surface area contributed by atoms with E-state index in [1.807, 2.05) is 30.3 Å². The molecule has 1 aliphatic heterocycles. The maximum atomic E-state index is 13.1. The van der Waals surface area contributed by atoms with Crippen molar-refractivity contribution in [3.8, 4) is 0 Å². The molecule has 2 aromatic carbocycles. The predicted molar refractivity (Wildman–Crippen MR) is 115 cm³/mol. The van der Waals surface area contributed by atoms with E-state index in [1.54, 1.807) is 6.92 Å². The maximum Gasteiger partial charge on any atom is 0.416 e. The van der Waals surface area contributed by atoms with Gasteiger partial charge in [-0.15, -0.1) is 0 Å². The molecule has 0 bridgehead atoms. The Morgan fingerprint density at radius 1 is 1.19 bits per heavy atom. The molecule has 5 nitrogen and oxygen atoms in total. The van der Waals surface area contributed by atoms with Crippen molar-refractivity contribution in [2.75, 3.05) is 13.1 Å². The number of hydrogen-bond acceptors (Lipinski definition) is 4. The van der Waals surface area contributed by atoms with Gasteiger partial charge in [-0.2, -0.15) is 13.2 Å². The summed E-state index contributed by atoms with van der Waals surface area (Å²) in [5.74, 6) is -0.572. The van der Waals surface area contributed by atoms with Crippen molar-refractivity contribution in [1.82, 2.24) is 10.2 Å². The normalized spacial score (nSPS) is 18.3. The van der Waals surface area contributed by atoms with Gasteiger partial charge in [-0.05, 0) is 37.1 Å². The maximum absolute atomic E-state index is 13.1. The topological polar surface area (TPSA) is 61.8 Å². The van der Waals surface area contributed by atoms with Crippen LogP contribution in [0.3, 0.4) is 0 Å². The van der Waals surface area contributed by atoms with Gasteiger partial charge < -0.3 is 5.32 Å². The number of rotatable bonds is 6. The number of nitrogens with one attached hydrogen (secondary N) is 1. The SMILES string of the molecule is CCNC(=O)C1CC(=O)N(CCc2ccccc2)C(=Nc2cccc(C(F)(F)F)c2)S1. The lowest BCUT2D eigenvalue weighted by atomic mass is 10.1. The fraction of sp³-hybridized carbons (Fsp3) is 0.318. The summed E-state index contributed by atoms with van der Waals surface area (Å²) >= 11 is 1.10. The number of carbonyl (C=O) groups excluding carboxylic acids is 2. The molecule has 0 spiro atoms. The Morgan fingerprint density at radius 3 is 2.61 bits per heavy atom. The van der Waals surface area contributed by atoms with Crippen molar-refractivity contribution < 1.29 is 22.8 Å². The molecular formula is C22H22F3N3O2S. The van der Waals surface area contributed by atoms with Crippen molar-refractivity contribution in [3.63, 3.8) is 0 Å². The molecule has 0 aromatic heterocycles. The van der Waals surface area contributed by atoms with Gasteiger partial charge in [0.1, 0.15) is 0 Å². The quantitative estimate of drug-likeness (QED) is 0.711. The molecule has 0 aliphatic carbocycles. The van der Waals surface area contributed by atoms with Crippen molar-refractivity contribution in [1.29, 1.82) is 0 Å². The molecule has 1 atom stereocenters. The Morgan fingerprint density at radius 2 is 1.94 bits per heavy atom. The van der Waals surface area contributed by atoms with Crippen molar-refractivity contribution in [2.24, 2.45) is 4.99 Å². The largest absolute Gasteiger partial charge is 0.416 e. The molecule has 0 radical (unpaired) electrons. The van der Waals surface area contributed by atoms with Gasteiger partial charge in [-0.3, -0.25) is 14.5 Å². The lowest BCUT2D eigenvalue weighted by Crippen LogP contribution is -2.47. The highest BCUT2D eigenvalue weighted by molar-refractivity contribution is 8.15. The van der Waals surface area contributed by atoms with Gasteiger partial charge in [-0.25, -0.2) is 4.99 Å². The zero-order chi connectivity index (χ0) is 22.4. The van der Waals surface area contributed by atoms with Gasteiger partial charge in [0.2, 0.25) is 11.8 Å². The highest BCUT2D eigenvalue weighted by Crippen LogP contribution is 2.33. The van der Waals surface area contributed by atoms with Crippen LogP contribution < -0.4 is 5.32 Å². The van der Waals surface area contributed by atoms with Crippen LogP contribution in [0.4, 0.5) is 18.9 Å². The monoisotopic (exact) mass is 449 g/mol. The van der Waals surface area contributed by atoms with Gasteiger partial charge in [0, 0.05) is 19.5 Å². The molecule has 1 unspecified atom stereocenters. The highest BCUT2D eigenvalue weighted by Gasteiger charge is 2.36. The molecule has 9 heteroatoms. The fourth-order valence-electron chi connectivity index (χ4n) is 3.10. The van der Waals surface area contributed by atoms with E-state index in [0.717, 1.165) is 29.5 Å². The minimum atomic E-state index is -4.50. The smallest absolute Gasteiger partial charge is 0.355 e. The second-order valence-electron chi connectivity index (χ2n) is 6.93. The molecule has 164 valence electrons. The first-order chi connectivity index (χ1) is 14.8. The Hall–Kier alpha value is -2.81. The van der Waals surface area contributed by atoms with Gasteiger partial charge in [0.15, 0.2) is 5.17 Å².